The van der Waals surface area contributed by atoms with Gasteiger partial charge in [0.25, 0.3) is 5.91 Å². The largest absolute Gasteiger partial charge is 0.306 e. The van der Waals surface area contributed by atoms with Crippen LogP contribution in [0.2, 0.25) is 0 Å². The van der Waals surface area contributed by atoms with Crippen LogP contribution in [0.15, 0.2) is 30.5 Å². The van der Waals surface area contributed by atoms with Crippen molar-refractivity contribution in [3.63, 3.8) is 0 Å². The third-order valence-electron chi connectivity index (χ3n) is 3.89. The molecule has 104 valence electrons. The molecule has 0 bridgehead atoms. The fourth-order valence-corrected chi connectivity index (χ4v) is 3.78. The molecule has 20 heavy (non-hydrogen) atoms. The van der Waals surface area contributed by atoms with Gasteiger partial charge in [0.05, 0.1) is 4.88 Å². The van der Waals surface area contributed by atoms with Crippen molar-refractivity contribution < 1.29 is 4.79 Å². The zero-order valence-electron chi connectivity index (χ0n) is 11.6. The molecule has 0 aliphatic heterocycles. The van der Waals surface area contributed by atoms with Gasteiger partial charge >= 0.3 is 0 Å². The summed E-state index contributed by atoms with van der Waals surface area (Å²) in [5, 5.41) is 2.85. The number of pyridine rings is 1. The molecule has 1 aliphatic carbocycles. The van der Waals surface area contributed by atoms with Gasteiger partial charge in [-0.05, 0) is 48.9 Å². The van der Waals surface area contributed by atoms with Crippen molar-refractivity contribution in [3.8, 4) is 0 Å². The maximum Gasteiger partial charge on any atom is 0.266 e. The Balaban J connectivity index is 1.75. The van der Waals surface area contributed by atoms with E-state index in [1.807, 2.05) is 12.1 Å². The van der Waals surface area contributed by atoms with E-state index in [-0.39, 0.29) is 5.91 Å². The molecule has 3 nitrogen and oxygen atoms in total. The van der Waals surface area contributed by atoms with E-state index in [1.165, 1.54) is 23.3 Å². The SMILES string of the molecule is CCC1CCc2sc(C(=O)Nc3ccccn3)cc2C1. The van der Waals surface area contributed by atoms with Gasteiger partial charge in [-0.1, -0.05) is 19.4 Å². The Morgan fingerprint density at radius 2 is 2.40 bits per heavy atom. The number of nitrogens with zero attached hydrogens (tertiary/aromatic N) is 1. The first kappa shape index (κ1) is 13.3. The summed E-state index contributed by atoms with van der Waals surface area (Å²) in [4.78, 5) is 18.6. The van der Waals surface area contributed by atoms with Crippen LogP contribution in [0.1, 0.15) is 39.9 Å². The highest BCUT2D eigenvalue weighted by Gasteiger charge is 2.22. The van der Waals surface area contributed by atoms with Gasteiger partial charge < -0.3 is 5.32 Å². The number of amides is 1. The Bertz CT molecular complexity index is 606. The van der Waals surface area contributed by atoms with Gasteiger partial charge in [-0.25, -0.2) is 4.98 Å². The Morgan fingerprint density at radius 3 is 3.15 bits per heavy atom. The minimum atomic E-state index is -0.0452. The second kappa shape index (κ2) is 5.75. The summed E-state index contributed by atoms with van der Waals surface area (Å²) in [5.74, 6) is 1.34. The van der Waals surface area contributed by atoms with E-state index in [1.54, 1.807) is 23.6 Å². The molecule has 0 saturated heterocycles. The van der Waals surface area contributed by atoms with Crippen LogP contribution >= 0.6 is 11.3 Å². The lowest BCUT2D eigenvalue weighted by atomic mass is 9.87. The minimum Gasteiger partial charge on any atom is -0.306 e. The Labute approximate surface area is 123 Å². The van der Waals surface area contributed by atoms with Gasteiger partial charge in [0, 0.05) is 11.1 Å². The van der Waals surface area contributed by atoms with Crippen molar-refractivity contribution >= 4 is 23.1 Å². The lowest BCUT2D eigenvalue weighted by Gasteiger charge is -2.19. The Kier molecular flexibility index (Phi) is 3.83. The van der Waals surface area contributed by atoms with Crippen molar-refractivity contribution in [3.05, 3.63) is 45.8 Å². The summed E-state index contributed by atoms with van der Waals surface area (Å²) in [7, 11) is 0. The average Bonchev–Trinajstić information content (AvgIpc) is 2.91. The first-order valence-corrected chi connectivity index (χ1v) is 7.92. The molecule has 2 aromatic rings. The number of thiophene rings is 1. The number of hydrogen-bond acceptors (Lipinski definition) is 3. The van der Waals surface area contributed by atoms with E-state index in [0.717, 1.165) is 23.6 Å². The maximum absolute atomic E-state index is 12.2. The number of carbonyl (C=O) groups is 1. The summed E-state index contributed by atoms with van der Waals surface area (Å²) in [6.07, 6.45) is 6.41. The molecule has 1 atom stereocenters. The summed E-state index contributed by atoms with van der Waals surface area (Å²) in [5.41, 5.74) is 1.37. The molecule has 1 aliphatic rings. The molecule has 0 saturated carbocycles. The molecular weight excluding hydrogens is 268 g/mol. The molecular formula is C16H18N2OS. The smallest absolute Gasteiger partial charge is 0.266 e. The predicted octanol–water partition coefficient (Wildman–Crippen LogP) is 3.91. The van der Waals surface area contributed by atoms with Gasteiger partial charge in [-0.2, -0.15) is 0 Å². The number of aromatic nitrogens is 1. The van der Waals surface area contributed by atoms with Gasteiger partial charge in [-0.15, -0.1) is 11.3 Å². The van der Waals surface area contributed by atoms with Crippen molar-refractivity contribution in [2.24, 2.45) is 5.92 Å². The van der Waals surface area contributed by atoms with Crippen molar-refractivity contribution in [2.45, 2.75) is 32.6 Å². The van der Waals surface area contributed by atoms with Crippen LogP contribution in [0.4, 0.5) is 5.82 Å². The Morgan fingerprint density at radius 1 is 1.50 bits per heavy atom. The number of anilines is 1. The third-order valence-corrected chi connectivity index (χ3v) is 5.13. The van der Waals surface area contributed by atoms with E-state index >= 15 is 0 Å². The molecule has 2 aromatic heterocycles. The standard InChI is InChI=1S/C16H18N2OS/c1-2-11-6-7-13-12(9-11)10-14(20-13)16(19)18-15-5-3-4-8-17-15/h3-5,8,10-11H,2,6-7,9H2,1H3,(H,17,18,19). The maximum atomic E-state index is 12.2. The van der Waals surface area contributed by atoms with Crippen molar-refractivity contribution in [1.82, 2.24) is 4.98 Å². The first-order valence-electron chi connectivity index (χ1n) is 7.10. The molecule has 0 fully saturated rings. The van der Waals surface area contributed by atoms with E-state index < -0.39 is 0 Å². The van der Waals surface area contributed by atoms with Crippen LogP contribution in [0.25, 0.3) is 0 Å². The zero-order valence-corrected chi connectivity index (χ0v) is 12.4. The van der Waals surface area contributed by atoms with Gasteiger partial charge in [0.2, 0.25) is 0 Å². The van der Waals surface area contributed by atoms with Crippen molar-refractivity contribution in [2.75, 3.05) is 5.32 Å². The topological polar surface area (TPSA) is 42.0 Å². The summed E-state index contributed by atoms with van der Waals surface area (Å²) in [6, 6.07) is 7.58. The monoisotopic (exact) mass is 286 g/mol. The second-order valence-corrected chi connectivity index (χ2v) is 6.38. The highest BCUT2D eigenvalue weighted by Crippen LogP contribution is 2.33. The number of aryl methyl sites for hydroxylation is 1. The van der Waals surface area contributed by atoms with E-state index in [0.29, 0.717) is 5.82 Å². The van der Waals surface area contributed by atoms with Crippen LogP contribution in [0.3, 0.4) is 0 Å². The van der Waals surface area contributed by atoms with E-state index in [4.69, 9.17) is 0 Å². The second-order valence-electron chi connectivity index (χ2n) is 5.25. The lowest BCUT2D eigenvalue weighted by molar-refractivity contribution is 0.103. The van der Waals surface area contributed by atoms with Gasteiger partial charge in [-0.3, -0.25) is 4.79 Å². The van der Waals surface area contributed by atoms with Crippen LogP contribution in [-0.2, 0) is 12.8 Å². The molecule has 3 rings (SSSR count). The molecule has 1 amide bonds. The third kappa shape index (κ3) is 2.75. The molecule has 1 N–H and O–H groups in total. The predicted molar refractivity (Wildman–Crippen MR) is 82.3 cm³/mol. The van der Waals surface area contributed by atoms with Gasteiger partial charge in [0.15, 0.2) is 0 Å². The van der Waals surface area contributed by atoms with Crippen LogP contribution in [0.5, 0.6) is 0 Å². The highest BCUT2D eigenvalue weighted by molar-refractivity contribution is 7.14. The molecule has 0 spiro atoms. The van der Waals surface area contributed by atoms with Crippen molar-refractivity contribution in [1.29, 1.82) is 0 Å². The molecule has 1 unspecified atom stereocenters. The average molecular weight is 286 g/mol. The molecule has 2 heterocycles. The van der Waals surface area contributed by atoms with E-state index in [9.17, 15) is 4.79 Å². The van der Waals surface area contributed by atoms with Crippen LogP contribution in [-0.4, -0.2) is 10.9 Å². The quantitative estimate of drug-likeness (QED) is 0.929. The van der Waals surface area contributed by atoms with Crippen LogP contribution < -0.4 is 5.32 Å². The zero-order chi connectivity index (χ0) is 13.9. The number of hydrogen-bond donors (Lipinski definition) is 1. The summed E-state index contributed by atoms with van der Waals surface area (Å²) < 4.78 is 0. The number of rotatable bonds is 3. The lowest BCUT2D eigenvalue weighted by Crippen LogP contribution is -2.11. The first-order chi connectivity index (χ1) is 9.76. The van der Waals surface area contributed by atoms with Crippen LogP contribution in [0, 0.1) is 5.92 Å². The normalized spacial score (nSPS) is 17.6. The summed E-state index contributed by atoms with van der Waals surface area (Å²) >= 11 is 1.64. The fourth-order valence-electron chi connectivity index (χ4n) is 2.67. The fraction of sp³-hybridized carbons (Fsp3) is 0.375. The molecule has 0 aromatic carbocycles. The molecule has 4 heteroatoms. The summed E-state index contributed by atoms with van der Waals surface area (Å²) in [6.45, 7) is 2.25. The minimum absolute atomic E-state index is 0.0452. The Hall–Kier alpha value is -1.68. The molecule has 0 radical (unpaired) electrons. The number of fused-ring (bicyclic) bond motifs is 1. The van der Waals surface area contributed by atoms with E-state index in [2.05, 4.69) is 23.3 Å². The number of nitrogens with one attached hydrogen (secondary N) is 1. The highest BCUT2D eigenvalue weighted by atomic mass is 32.1. The van der Waals surface area contributed by atoms with Gasteiger partial charge in [0.1, 0.15) is 5.82 Å². The number of carbonyl (C=O) groups excluding carboxylic acids is 1.